The maximum atomic E-state index is 13.8. The van der Waals surface area contributed by atoms with E-state index in [-0.39, 0.29) is 11.5 Å². The Morgan fingerprint density at radius 1 is 1.04 bits per heavy atom. The van der Waals surface area contributed by atoms with Crippen LogP contribution in [0.4, 0.5) is 10.1 Å². The van der Waals surface area contributed by atoms with Crippen molar-refractivity contribution in [2.45, 2.75) is 13.5 Å². The van der Waals surface area contributed by atoms with Gasteiger partial charge in [0.25, 0.3) is 5.69 Å². The summed E-state index contributed by atoms with van der Waals surface area (Å²) < 4.78 is 19.6. The summed E-state index contributed by atoms with van der Waals surface area (Å²) in [6, 6.07) is 18.8. The van der Waals surface area contributed by atoms with E-state index in [4.69, 9.17) is 4.74 Å². The number of nitrogens with zero attached hydrogens (tertiary/aromatic N) is 1. The van der Waals surface area contributed by atoms with Gasteiger partial charge in [-0.15, -0.1) is 0 Å². The lowest BCUT2D eigenvalue weighted by molar-refractivity contribution is -0.384. The Hall–Kier alpha value is -3.47. The van der Waals surface area contributed by atoms with Crippen molar-refractivity contribution in [2.24, 2.45) is 0 Å². The van der Waals surface area contributed by atoms with Crippen molar-refractivity contribution in [2.75, 3.05) is 0 Å². The molecule has 0 saturated carbocycles. The summed E-state index contributed by atoms with van der Waals surface area (Å²) in [6.45, 7) is 2.25. The van der Waals surface area contributed by atoms with Crippen molar-refractivity contribution in [3.05, 3.63) is 105 Å². The summed E-state index contributed by atoms with van der Waals surface area (Å²) in [5.74, 6) is 0.0954. The molecule has 0 N–H and O–H groups in total. The molecule has 0 atom stereocenters. The maximum Gasteiger partial charge on any atom is 0.270 e. The van der Waals surface area contributed by atoms with Gasteiger partial charge in [0, 0.05) is 23.8 Å². The van der Waals surface area contributed by atoms with Crippen molar-refractivity contribution in [3.8, 4) is 5.75 Å². The highest BCUT2D eigenvalue weighted by Gasteiger charge is 2.22. The van der Waals surface area contributed by atoms with Crippen molar-refractivity contribution >= 4 is 16.8 Å². The first-order chi connectivity index (χ1) is 13.0. The van der Waals surface area contributed by atoms with Gasteiger partial charge in [0.05, 0.1) is 4.92 Å². The second-order valence-corrected chi connectivity index (χ2v) is 6.39. The minimum absolute atomic E-state index is 0.0323. The predicted octanol–water partition coefficient (Wildman–Crippen LogP) is 5.61. The lowest BCUT2D eigenvalue weighted by Crippen LogP contribution is -1.96. The van der Waals surface area contributed by atoms with E-state index in [2.05, 4.69) is 0 Å². The number of benzene rings is 3. The fourth-order valence-electron chi connectivity index (χ4n) is 3.41. The lowest BCUT2D eigenvalue weighted by atomic mass is 9.88. The van der Waals surface area contributed by atoms with Crippen LogP contribution in [0, 0.1) is 15.9 Å². The number of non-ortho nitro benzene ring substituents is 1. The van der Waals surface area contributed by atoms with Crippen molar-refractivity contribution in [1.82, 2.24) is 0 Å². The minimum Gasteiger partial charge on any atom is -0.488 e. The Labute approximate surface area is 155 Å². The number of hydrogen-bond acceptors (Lipinski definition) is 3. The van der Waals surface area contributed by atoms with E-state index < -0.39 is 4.92 Å². The largest absolute Gasteiger partial charge is 0.488 e. The van der Waals surface area contributed by atoms with E-state index in [9.17, 15) is 14.5 Å². The second kappa shape index (κ2) is 6.68. The number of rotatable bonds is 2. The molecule has 4 rings (SSSR count). The molecular weight excluding hydrogens is 345 g/mol. The third-order valence-electron chi connectivity index (χ3n) is 4.75. The first-order valence-electron chi connectivity index (χ1n) is 8.51. The molecule has 0 amide bonds. The molecule has 4 nitrogen and oxygen atoms in total. The Kier molecular flexibility index (Phi) is 4.20. The molecule has 0 spiro atoms. The molecule has 0 fully saturated rings. The second-order valence-electron chi connectivity index (χ2n) is 6.39. The first kappa shape index (κ1) is 17.0. The van der Waals surface area contributed by atoms with Gasteiger partial charge in [-0.3, -0.25) is 10.1 Å². The summed E-state index contributed by atoms with van der Waals surface area (Å²) in [5.41, 5.74) is 5.25. The van der Waals surface area contributed by atoms with Crippen LogP contribution < -0.4 is 4.74 Å². The highest BCUT2D eigenvalue weighted by Crippen LogP contribution is 2.41. The smallest absolute Gasteiger partial charge is 0.270 e. The summed E-state index contributed by atoms with van der Waals surface area (Å²) in [7, 11) is 0. The number of ether oxygens (including phenoxy) is 1. The van der Waals surface area contributed by atoms with Gasteiger partial charge in [-0.05, 0) is 46.9 Å². The van der Waals surface area contributed by atoms with Gasteiger partial charge in [-0.25, -0.2) is 4.39 Å². The highest BCUT2D eigenvalue weighted by atomic mass is 19.1. The van der Waals surface area contributed by atoms with Gasteiger partial charge < -0.3 is 4.74 Å². The molecule has 0 unspecified atom stereocenters. The standard InChI is InChI=1S/C22H16FNO3/c1-14(15-6-4-7-18(11-15)24(25)26)22-19-8-3-2-5-16(19)13-27-21-12-17(23)9-10-20(21)22/h2-12H,13H2,1H3/b22-14-. The molecule has 1 heterocycles. The first-order valence-corrected chi connectivity index (χ1v) is 8.51. The zero-order chi connectivity index (χ0) is 19.0. The normalized spacial score (nSPS) is 14.4. The van der Waals surface area contributed by atoms with Gasteiger partial charge in [-0.2, -0.15) is 0 Å². The fourth-order valence-corrected chi connectivity index (χ4v) is 3.41. The van der Waals surface area contributed by atoms with E-state index in [0.29, 0.717) is 12.4 Å². The number of allylic oxidation sites excluding steroid dienone is 1. The van der Waals surface area contributed by atoms with Crippen LogP contribution in [0.1, 0.15) is 29.2 Å². The van der Waals surface area contributed by atoms with Crippen LogP contribution in [-0.2, 0) is 6.61 Å². The van der Waals surface area contributed by atoms with Crippen LogP contribution in [0.25, 0.3) is 11.1 Å². The Morgan fingerprint density at radius 3 is 2.67 bits per heavy atom. The third-order valence-corrected chi connectivity index (χ3v) is 4.75. The van der Waals surface area contributed by atoms with Crippen molar-refractivity contribution < 1.29 is 14.1 Å². The predicted molar refractivity (Wildman–Crippen MR) is 102 cm³/mol. The summed E-state index contributed by atoms with van der Waals surface area (Å²) in [4.78, 5) is 10.8. The molecule has 1 aliphatic heterocycles. The molecule has 3 aromatic rings. The average Bonchev–Trinajstić information content (AvgIpc) is 2.84. The van der Waals surface area contributed by atoms with Crippen LogP contribution in [0.15, 0.2) is 66.7 Å². The third kappa shape index (κ3) is 3.08. The van der Waals surface area contributed by atoms with E-state index in [1.54, 1.807) is 18.2 Å². The van der Waals surface area contributed by atoms with Crippen LogP contribution in [0.5, 0.6) is 5.75 Å². The minimum atomic E-state index is -0.408. The molecule has 1 aliphatic rings. The zero-order valence-corrected chi connectivity index (χ0v) is 14.6. The van der Waals surface area contributed by atoms with Crippen LogP contribution in [0.3, 0.4) is 0 Å². The Balaban J connectivity index is 2.02. The van der Waals surface area contributed by atoms with Crippen molar-refractivity contribution in [1.29, 1.82) is 0 Å². The van der Waals surface area contributed by atoms with Gasteiger partial charge >= 0.3 is 0 Å². The van der Waals surface area contributed by atoms with E-state index in [0.717, 1.165) is 33.4 Å². The van der Waals surface area contributed by atoms with Gasteiger partial charge in [0.15, 0.2) is 0 Å². The summed E-state index contributed by atoms with van der Waals surface area (Å²) in [5, 5.41) is 11.2. The number of fused-ring (bicyclic) bond motifs is 2. The maximum absolute atomic E-state index is 13.8. The molecular formula is C22H16FNO3. The number of nitro groups is 1. The van der Waals surface area contributed by atoms with Gasteiger partial charge in [0.1, 0.15) is 18.2 Å². The quantitative estimate of drug-likeness (QED) is 0.441. The number of halogens is 1. The average molecular weight is 361 g/mol. The molecule has 0 saturated heterocycles. The van der Waals surface area contributed by atoms with Crippen LogP contribution in [0.2, 0.25) is 0 Å². The van der Waals surface area contributed by atoms with Crippen molar-refractivity contribution in [3.63, 3.8) is 0 Å². The fraction of sp³-hybridized carbons (Fsp3) is 0.0909. The molecule has 134 valence electrons. The SMILES string of the molecule is C/C(=C1\c2ccccc2COc2cc(F)ccc21)c1cccc([N+](=O)[O-])c1. The molecule has 0 radical (unpaired) electrons. The van der Waals surface area contributed by atoms with E-state index in [1.807, 2.05) is 37.3 Å². The number of nitro benzene ring substituents is 1. The highest BCUT2D eigenvalue weighted by molar-refractivity contribution is 6.00. The van der Waals surface area contributed by atoms with Gasteiger partial charge in [0.2, 0.25) is 0 Å². The van der Waals surface area contributed by atoms with Gasteiger partial charge in [-0.1, -0.05) is 36.4 Å². The molecule has 0 aromatic heterocycles. The molecule has 5 heteroatoms. The van der Waals surface area contributed by atoms with Crippen LogP contribution >= 0.6 is 0 Å². The number of hydrogen-bond donors (Lipinski definition) is 0. The lowest BCUT2D eigenvalue weighted by Gasteiger charge is -2.15. The Morgan fingerprint density at radius 2 is 1.85 bits per heavy atom. The summed E-state index contributed by atoms with van der Waals surface area (Å²) >= 11 is 0. The molecule has 0 aliphatic carbocycles. The van der Waals surface area contributed by atoms with E-state index in [1.165, 1.54) is 18.2 Å². The van der Waals surface area contributed by atoms with E-state index >= 15 is 0 Å². The Bertz CT molecular complexity index is 1090. The zero-order valence-electron chi connectivity index (χ0n) is 14.6. The summed E-state index contributed by atoms with van der Waals surface area (Å²) in [6.07, 6.45) is 0. The molecule has 3 aromatic carbocycles. The van der Waals surface area contributed by atoms with Crippen LogP contribution in [-0.4, -0.2) is 4.92 Å². The monoisotopic (exact) mass is 361 g/mol. The molecule has 0 bridgehead atoms. The topological polar surface area (TPSA) is 52.4 Å². The molecule has 27 heavy (non-hydrogen) atoms.